The molecule has 2 atom stereocenters. The molecule has 5 heteroatoms. The molecule has 5 nitrogen and oxygen atoms in total. The molecule has 0 radical (unpaired) electrons. The van der Waals surface area contributed by atoms with Crippen LogP contribution in [0.15, 0.2) is 0 Å². The van der Waals surface area contributed by atoms with Crippen LogP contribution in [0.1, 0.15) is 19.8 Å². The van der Waals surface area contributed by atoms with E-state index in [1.165, 1.54) is 7.11 Å². The van der Waals surface area contributed by atoms with Crippen LogP contribution in [-0.4, -0.2) is 31.1 Å². The van der Waals surface area contributed by atoms with Gasteiger partial charge >= 0.3 is 5.97 Å². The van der Waals surface area contributed by atoms with Crippen molar-refractivity contribution >= 4 is 11.9 Å². The summed E-state index contributed by atoms with van der Waals surface area (Å²) in [5.74, 6) is -0.482. The number of methoxy groups -OCH3 is 1. The van der Waals surface area contributed by atoms with Gasteiger partial charge < -0.3 is 10.5 Å². The first-order chi connectivity index (χ1) is 6.56. The fraction of sp³-hybridized carbons (Fsp3) is 0.778. The molecule has 0 aromatic heterocycles. The number of carbonyl (C=O) groups is 2. The van der Waals surface area contributed by atoms with Crippen molar-refractivity contribution in [3.63, 3.8) is 0 Å². The number of nitrogens with one attached hydrogen (secondary N) is 1. The summed E-state index contributed by atoms with van der Waals surface area (Å²) >= 11 is 0. The van der Waals surface area contributed by atoms with E-state index in [2.05, 4.69) is 10.1 Å². The molecule has 1 fully saturated rings. The molecule has 0 saturated heterocycles. The zero-order chi connectivity index (χ0) is 10.7. The minimum atomic E-state index is -0.500. The maximum atomic E-state index is 11.3. The number of nitrogens with two attached hydrogens (primary N) is 1. The second kappa shape index (κ2) is 4.41. The van der Waals surface area contributed by atoms with Crippen LogP contribution in [0.2, 0.25) is 0 Å². The zero-order valence-electron chi connectivity index (χ0n) is 8.45. The normalized spacial score (nSPS) is 19.9. The molecule has 1 saturated carbocycles. The SMILES string of the molecule is COC(=O)C(NC(C)C(N)=O)C1CC1. The van der Waals surface area contributed by atoms with E-state index in [0.717, 1.165) is 12.8 Å². The average Bonchev–Trinajstić information content (AvgIpc) is 2.95. The molecular weight excluding hydrogens is 184 g/mol. The first-order valence-electron chi connectivity index (χ1n) is 4.69. The van der Waals surface area contributed by atoms with Crippen LogP contribution < -0.4 is 11.1 Å². The summed E-state index contributed by atoms with van der Waals surface area (Å²) < 4.78 is 4.64. The van der Waals surface area contributed by atoms with Crippen LogP contribution in [0.25, 0.3) is 0 Å². The maximum Gasteiger partial charge on any atom is 0.323 e. The summed E-state index contributed by atoms with van der Waals surface area (Å²) in [6.07, 6.45) is 2.00. The number of hydrogen-bond donors (Lipinski definition) is 2. The van der Waals surface area contributed by atoms with E-state index in [0.29, 0.717) is 5.92 Å². The van der Waals surface area contributed by atoms with Crippen molar-refractivity contribution in [2.45, 2.75) is 31.8 Å². The fourth-order valence-corrected chi connectivity index (χ4v) is 1.30. The second-order valence-electron chi connectivity index (χ2n) is 3.63. The average molecular weight is 200 g/mol. The lowest BCUT2D eigenvalue weighted by atomic mass is 10.1. The number of carbonyl (C=O) groups excluding carboxylic acids is 2. The van der Waals surface area contributed by atoms with Crippen LogP contribution in [0.4, 0.5) is 0 Å². The van der Waals surface area contributed by atoms with E-state index < -0.39 is 11.9 Å². The maximum absolute atomic E-state index is 11.3. The number of amides is 1. The highest BCUT2D eigenvalue weighted by atomic mass is 16.5. The van der Waals surface area contributed by atoms with Crippen LogP contribution in [0.3, 0.4) is 0 Å². The van der Waals surface area contributed by atoms with Crippen molar-refractivity contribution in [2.24, 2.45) is 11.7 Å². The smallest absolute Gasteiger partial charge is 0.323 e. The number of hydrogen-bond acceptors (Lipinski definition) is 4. The highest BCUT2D eigenvalue weighted by Crippen LogP contribution is 2.33. The largest absolute Gasteiger partial charge is 0.468 e. The molecule has 2 unspecified atom stereocenters. The molecule has 1 aliphatic carbocycles. The van der Waals surface area contributed by atoms with Gasteiger partial charge in [-0.25, -0.2) is 0 Å². The van der Waals surface area contributed by atoms with Crippen LogP contribution in [-0.2, 0) is 14.3 Å². The Morgan fingerprint density at radius 3 is 2.43 bits per heavy atom. The van der Waals surface area contributed by atoms with Gasteiger partial charge in [0.15, 0.2) is 0 Å². The molecule has 3 N–H and O–H groups in total. The Balaban J connectivity index is 2.51. The number of primary amides is 1. The van der Waals surface area contributed by atoms with Gasteiger partial charge in [-0.1, -0.05) is 0 Å². The summed E-state index contributed by atoms with van der Waals surface area (Å²) in [4.78, 5) is 22.1. The van der Waals surface area contributed by atoms with Crippen LogP contribution in [0.5, 0.6) is 0 Å². The molecule has 14 heavy (non-hydrogen) atoms. The summed E-state index contributed by atoms with van der Waals surface area (Å²) in [6, 6.07) is -0.887. The van der Waals surface area contributed by atoms with Gasteiger partial charge in [0, 0.05) is 0 Å². The van der Waals surface area contributed by atoms with Gasteiger partial charge in [-0.05, 0) is 25.7 Å². The van der Waals surface area contributed by atoms with Crippen molar-refractivity contribution in [3.05, 3.63) is 0 Å². The lowest BCUT2D eigenvalue weighted by molar-refractivity contribution is -0.144. The van der Waals surface area contributed by atoms with E-state index in [9.17, 15) is 9.59 Å². The molecule has 0 heterocycles. The monoisotopic (exact) mass is 200 g/mol. The van der Waals surface area contributed by atoms with Crippen molar-refractivity contribution in [3.8, 4) is 0 Å². The van der Waals surface area contributed by atoms with Gasteiger partial charge in [-0.2, -0.15) is 0 Å². The topological polar surface area (TPSA) is 81.4 Å². The quantitative estimate of drug-likeness (QED) is 0.581. The van der Waals surface area contributed by atoms with Crippen molar-refractivity contribution < 1.29 is 14.3 Å². The molecule has 1 amide bonds. The predicted molar refractivity (Wildman–Crippen MR) is 50.3 cm³/mol. The Morgan fingerprint density at radius 1 is 1.50 bits per heavy atom. The van der Waals surface area contributed by atoms with Gasteiger partial charge in [0.05, 0.1) is 13.2 Å². The van der Waals surface area contributed by atoms with E-state index in [-0.39, 0.29) is 12.0 Å². The standard InChI is InChI=1S/C9H16N2O3/c1-5(8(10)12)11-7(6-3-4-6)9(13)14-2/h5-7,11H,3-4H2,1-2H3,(H2,10,12). The van der Waals surface area contributed by atoms with Gasteiger partial charge in [0.25, 0.3) is 0 Å². The van der Waals surface area contributed by atoms with Gasteiger partial charge in [0.1, 0.15) is 6.04 Å². The third kappa shape index (κ3) is 2.70. The Morgan fingerprint density at radius 2 is 2.07 bits per heavy atom. The molecule has 1 aliphatic rings. The molecule has 0 bridgehead atoms. The third-order valence-electron chi connectivity index (χ3n) is 2.40. The van der Waals surface area contributed by atoms with Crippen LogP contribution >= 0.6 is 0 Å². The number of rotatable bonds is 5. The summed E-state index contributed by atoms with van der Waals surface area (Å²) in [7, 11) is 1.34. The molecule has 1 rings (SSSR count). The second-order valence-corrected chi connectivity index (χ2v) is 3.63. The zero-order valence-corrected chi connectivity index (χ0v) is 8.45. The minimum absolute atomic E-state index is 0.296. The summed E-state index contributed by atoms with van der Waals surface area (Å²) in [5.41, 5.74) is 5.09. The van der Waals surface area contributed by atoms with Crippen molar-refractivity contribution in [2.75, 3.05) is 7.11 Å². The van der Waals surface area contributed by atoms with E-state index in [1.54, 1.807) is 6.92 Å². The Kier molecular flexibility index (Phi) is 3.46. The molecule has 80 valence electrons. The van der Waals surface area contributed by atoms with E-state index >= 15 is 0 Å². The summed E-state index contributed by atoms with van der Waals surface area (Å²) in [6.45, 7) is 1.64. The molecule has 0 spiro atoms. The predicted octanol–water partition coefficient (Wildman–Crippen LogP) is -0.599. The number of esters is 1. The summed E-state index contributed by atoms with van der Waals surface area (Å²) in [5, 5.41) is 2.88. The molecule has 0 aliphatic heterocycles. The molecule has 0 aromatic rings. The highest BCUT2D eigenvalue weighted by Gasteiger charge is 2.38. The Bertz CT molecular complexity index is 238. The third-order valence-corrected chi connectivity index (χ3v) is 2.40. The first-order valence-corrected chi connectivity index (χ1v) is 4.69. The fourth-order valence-electron chi connectivity index (χ4n) is 1.30. The van der Waals surface area contributed by atoms with Gasteiger partial charge in [-0.15, -0.1) is 0 Å². The van der Waals surface area contributed by atoms with E-state index in [4.69, 9.17) is 5.73 Å². The van der Waals surface area contributed by atoms with Gasteiger partial charge in [-0.3, -0.25) is 14.9 Å². The van der Waals surface area contributed by atoms with Gasteiger partial charge in [0.2, 0.25) is 5.91 Å². The Hall–Kier alpha value is -1.10. The number of ether oxygens (including phenoxy) is 1. The minimum Gasteiger partial charge on any atom is -0.468 e. The molecule has 0 aromatic carbocycles. The Labute approximate surface area is 83.0 Å². The van der Waals surface area contributed by atoms with Crippen LogP contribution in [0, 0.1) is 5.92 Å². The van der Waals surface area contributed by atoms with Crippen molar-refractivity contribution in [1.29, 1.82) is 0 Å². The molecular formula is C9H16N2O3. The lowest BCUT2D eigenvalue weighted by Crippen LogP contribution is -2.49. The first kappa shape index (κ1) is 11.0. The van der Waals surface area contributed by atoms with Crippen molar-refractivity contribution in [1.82, 2.24) is 5.32 Å². The highest BCUT2D eigenvalue weighted by molar-refractivity contribution is 5.82. The van der Waals surface area contributed by atoms with E-state index in [1.807, 2.05) is 0 Å². The lowest BCUT2D eigenvalue weighted by Gasteiger charge is -2.18.